The molecule has 0 amide bonds. The van der Waals surface area contributed by atoms with Crippen LogP contribution in [0, 0.1) is 12.3 Å². The third-order valence-corrected chi connectivity index (χ3v) is 4.87. The van der Waals surface area contributed by atoms with Crippen LogP contribution in [0.15, 0.2) is 36.7 Å². The highest BCUT2D eigenvalue weighted by molar-refractivity contribution is 5.90. The van der Waals surface area contributed by atoms with Crippen molar-refractivity contribution in [1.29, 1.82) is 0 Å². The summed E-state index contributed by atoms with van der Waals surface area (Å²) in [4.78, 5) is 16.1. The van der Waals surface area contributed by atoms with E-state index in [4.69, 9.17) is 12.2 Å². The second-order valence-corrected chi connectivity index (χ2v) is 6.69. The van der Waals surface area contributed by atoms with E-state index in [0.29, 0.717) is 17.2 Å². The van der Waals surface area contributed by atoms with E-state index in [1.165, 1.54) is 19.3 Å². The summed E-state index contributed by atoms with van der Waals surface area (Å²) in [7, 11) is 0. The topological polar surface area (TPSA) is 67.9 Å². The van der Waals surface area contributed by atoms with Gasteiger partial charge in [0.1, 0.15) is 11.3 Å². The minimum atomic E-state index is 0.430. The van der Waals surface area contributed by atoms with E-state index in [2.05, 4.69) is 25.8 Å². The van der Waals surface area contributed by atoms with Crippen molar-refractivity contribution in [3.8, 4) is 23.7 Å². The molecular formula is C21H21N5. The van der Waals surface area contributed by atoms with E-state index in [-0.39, 0.29) is 0 Å². The maximum Gasteiger partial charge on any atom is 0.159 e. The molecule has 0 bridgehead atoms. The van der Waals surface area contributed by atoms with E-state index < -0.39 is 0 Å². The quantitative estimate of drug-likeness (QED) is 0.740. The molecule has 5 nitrogen and oxygen atoms in total. The Morgan fingerprint density at radius 1 is 1.12 bits per heavy atom. The van der Waals surface area contributed by atoms with Crippen molar-refractivity contribution in [2.24, 2.45) is 0 Å². The van der Waals surface area contributed by atoms with Gasteiger partial charge in [0.25, 0.3) is 0 Å². The number of hydrogen-bond donors (Lipinski definition) is 1. The Bertz CT molecular complexity index is 983. The molecule has 0 radical (unpaired) electrons. The first-order valence-electron chi connectivity index (χ1n) is 8.94. The van der Waals surface area contributed by atoms with Crippen molar-refractivity contribution < 1.29 is 0 Å². The van der Waals surface area contributed by atoms with Crippen LogP contribution >= 0.6 is 0 Å². The van der Waals surface area contributed by atoms with Gasteiger partial charge in [0.2, 0.25) is 0 Å². The molecule has 130 valence electrons. The molecule has 0 spiro atoms. The number of benzene rings is 1. The predicted octanol–water partition coefficient (Wildman–Crippen LogP) is 3.24. The van der Waals surface area contributed by atoms with Gasteiger partial charge in [-0.2, -0.15) is 0 Å². The second-order valence-electron chi connectivity index (χ2n) is 6.69. The molecule has 1 fully saturated rings. The Balaban J connectivity index is 1.73. The van der Waals surface area contributed by atoms with Gasteiger partial charge >= 0.3 is 0 Å². The van der Waals surface area contributed by atoms with Crippen LogP contribution in [0.25, 0.3) is 22.3 Å². The number of terminal acetylenes is 1. The zero-order valence-electron chi connectivity index (χ0n) is 14.7. The number of aromatic nitrogens is 3. The minimum Gasteiger partial charge on any atom is -0.382 e. The van der Waals surface area contributed by atoms with Crippen LogP contribution in [0.1, 0.15) is 30.4 Å². The lowest BCUT2D eigenvalue weighted by Gasteiger charge is -2.26. The highest BCUT2D eigenvalue weighted by Gasteiger charge is 2.15. The van der Waals surface area contributed by atoms with Crippen molar-refractivity contribution in [2.75, 3.05) is 18.8 Å². The summed E-state index contributed by atoms with van der Waals surface area (Å²) in [5.74, 6) is 3.68. The van der Waals surface area contributed by atoms with Gasteiger partial charge in [-0.1, -0.05) is 24.5 Å². The van der Waals surface area contributed by atoms with Crippen molar-refractivity contribution >= 4 is 16.7 Å². The van der Waals surface area contributed by atoms with E-state index >= 15 is 0 Å². The standard InChI is InChI=1S/C21H21N5/c1-2-15-7-6-8-16(11-15)21-24-13-18-17(12-23-20(22)19(18)25-21)14-26-9-4-3-5-10-26/h1,6-8,11-13H,3-5,9-10,14H2,(H2,22,23). The monoisotopic (exact) mass is 343 g/mol. The molecular weight excluding hydrogens is 322 g/mol. The Morgan fingerprint density at radius 2 is 1.96 bits per heavy atom. The number of nitrogen functional groups attached to an aromatic ring is 1. The zero-order chi connectivity index (χ0) is 17.9. The average molecular weight is 343 g/mol. The van der Waals surface area contributed by atoms with Crippen molar-refractivity contribution in [1.82, 2.24) is 19.9 Å². The number of anilines is 1. The number of nitrogens with two attached hydrogens (primary N) is 1. The van der Waals surface area contributed by atoms with Crippen LogP contribution in [-0.2, 0) is 6.54 Å². The molecule has 2 N–H and O–H groups in total. The molecule has 1 aromatic carbocycles. The first kappa shape index (κ1) is 16.5. The number of pyridine rings is 1. The van der Waals surface area contributed by atoms with Crippen molar-refractivity contribution in [3.63, 3.8) is 0 Å². The molecule has 5 heteroatoms. The molecule has 0 aliphatic carbocycles. The number of rotatable bonds is 3. The van der Waals surface area contributed by atoms with Gasteiger partial charge in [0.15, 0.2) is 5.82 Å². The van der Waals surface area contributed by atoms with Gasteiger partial charge in [0, 0.05) is 35.5 Å². The van der Waals surface area contributed by atoms with Gasteiger partial charge in [0.05, 0.1) is 0 Å². The Morgan fingerprint density at radius 3 is 2.77 bits per heavy atom. The van der Waals surface area contributed by atoms with Gasteiger partial charge in [-0.25, -0.2) is 15.0 Å². The summed E-state index contributed by atoms with van der Waals surface area (Å²) in [6.07, 6.45) is 13.0. The SMILES string of the molecule is C#Cc1cccc(-c2ncc3c(CN4CCCCC4)cnc(N)c3n2)c1. The smallest absolute Gasteiger partial charge is 0.159 e. The molecule has 0 unspecified atom stereocenters. The Kier molecular flexibility index (Phi) is 4.51. The van der Waals surface area contributed by atoms with Gasteiger partial charge in [-0.05, 0) is 43.6 Å². The average Bonchev–Trinajstić information content (AvgIpc) is 2.71. The highest BCUT2D eigenvalue weighted by Crippen LogP contribution is 2.25. The summed E-state index contributed by atoms with van der Waals surface area (Å²) in [5, 5.41) is 0.972. The van der Waals surface area contributed by atoms with Crippen LogP contribution in [0.4, 0.5) is 5.82 Å². The molecule has 4 rings (SSSR count). The minimum absolute atomic E-state index is 0.430. The van der Waals surface area contributed by atoms with Crippen LogP contribution < -0.4 is 5.73 Å². The maximum absolute atomic E-state index is 6.11. The van der Waals surface area contributed by atoms with Crippen LogP contribution in [0.5, 0.6) is 0 Å². The molecule has 2 aromatic heterocycles. The molecule has 1 aliphatic rings. The fourth-order valence-corrected chi connectivity index (χ4v) is 3.46. The van der Waals surface area contributed by atoms with Crippen molar-refractivity contribution in [2.45, 2.75) is 25.8 Å². The Hall–Kier alpha value is -2.97. The van der Waals surface area contributed by atoms with E-state index in [0.717, 1.165) is 41.7 Å². The second kappa shape index (κ2) is 7.11. The van der Waals surface area contributed by atoms with Crippen LogP contribution in [0.3, 0.4) is 0 Å². The predicted molar refractivity (Wildman–Crippen MR) is 104 cm³/mol. The fraction of sp³-hybridized carbons (Fsp3) is 0.286. The lowest BCUT2D eigenvalue weighted by atomic mass is 10.1. The first-order chi connectivity index (χ1) is 12.7. The number of piperidine rings is 1. The van der Waals surface area contributed by atoms with Crippen molar-refractivity contribution in [3.05, 3.63) is 47.8 Å². The van der Waals surface area contributed by atoms with E-state index in [9.17, 15) is 0 Å². The molecule has 3 heterocycles. The third kappa shape index (κ3) is 3.24. The summed E-state index contributed by atoms with van der Waals surface area (Å²) < 4.78 is 0. The third-order valence-electron chi connectivity index (χ3n) is 4.87. The normalized spacial score (nSPS) is 15.0. The summed E-state index contributed by atoms with van der Waals surface area (Å²) in [5.41, 5.74) is 9.62. The highest BCUT2D eigenvalue weighted by atomic mass is 15.1. The molecule has 1 saturated heterocycles. The summed E-state index contributed by atoms with van der Waals surface area (Å²) in [6.45, 7) is 3.12. The first-order valence-corrected chi connectivity index (χ1v) is 8.94. The number of hydrogen-bond acceptors (Lipinski definition) is 5. The lowest BCUT2D eigenvalue weighted by Crippen LogP contribution is -2.29. The van der Waals surface area contributed by atoms with E-state index in [1.54, 1.807) is 0 Å². The van der Waals surface area contributed by atoms with Crippen LogP contribution in [-0.4, -0.2) is 32.9 Å². The number of nitrogens with zero attached hydrogens (tertiary/aromatic N) is 4. The molecule has 1 aliphatic heterocycles. The van der Waals surface area contributed by atoms with Gasteiger partial charge < -0.3 is 5.73 Å². The fourth-order valence-electron chi connectivity index (χ4n) is 3.46. The lowest BCUT2D eigenvalue weighted by molar-refractivity contribution is 0.221. The molecule has 0 atom stereocenters. The van der Waals surface area contributed by atoms with Gasteiger partial charge in [-0.3, -0.25) is 4.90 Å². The Labute approximate surface area is 153 Å². The molecule has 26 heavy (non-hydrogen) atoms. The number of likely N-dealkylation sites (tertiary alicyclic amines) is 1. The molecule has 3 aromatic rings. The summed E-state index contributed by atoms with van der Waals surface area (Å²) >= 11 is 0. The summed E-state index contributed by atoms with van der Waals surface area (Å²) in [6, 6.07) is 7.65. The molecule has 0 saturated carbocycles. The largest absolute Gasteiger partial charge is 0.382 e. The van der Waals surface area contributed by atoms with E-state index in [1.807, 2.05) is 36.7 Å². The number of fused-ring (bicyclic) bond motifs is 1. The van der Waals surface area contributed by atoms with Crippen LogP contribution in [0.2, 0.25) is 0 Å². The zero-order valence-corrected chi connectivity index (χ0v) is 14.7. The van der Waals surface area contributed by atoms with Gasteiger partial charge in [-0.15, -0.1) is 6.42 Å². The maximum atomic E-state index is 6.11.